The molecule has 8 heteroatoms. The molecule has 1 aliphatic heterocycles. The second-order valence-electron chi connectivity index (χ2n) is 6.47. The van der Waals surface area contributed by atoms with E-state index in [1.807, 2.05) is 12.3 Å². The lowest BCUT2D eigenvalue weighted by Gasteiger charge is -2.28. The first-order chi connectivity index (χ1) is 12.0. The molecule has 0 bridgehead atoms. The Kier molecular flexibility index (Phi) is 7.77. The van der Waals surface area contributed by atoms with Crippen molar-refractivity contribution in [2.24, 2.45) is 4.99 Å². The molecule has 142 valence electrons. The highest BCUT2D eigenvalue weighted by molar-refractivity contribution is 6.42. The zero-order valence-corrected chi connectivity index (χ0v) is 17.3. The summed E-state index contributed by atoms with van der Waals surface area (Å²) in [6.45, 7) is 6.26. The average molecular weight is 417 g/mol. The van der Waals surface area contributed by atoms with Gasteiger partial charge in [-0.05, 0) is 44.9 Å². The number of aromatic nitrogens is 2. The molecule has 1 fully saturated rings. The summed E-state index contributed by atoms with van der Waals surface area (Å²) in [6, 6.07) is 5.68. The number of nitrogens with one attached hydrogen (secondary N) is 1. The lowest BCUT2D eigenvalue weighted by atomic mass is 10.2. The van der Waals surface area contributed by atoms with Gasteiger partial charge in [-0.3, -0.25) is 5.43 Å². The maximum Gasteiger partial charge on any atom is 0.184 e. The van der Waals surface area contributed by atoms with Gasteiger partial charge in [0, 0.05) is 31.5 Å². The first kappa shape index (κ1) is 21.0. The molecule has 0 unspecified atom stereocenters. The molecule has 0 aliphatic carbocycles. The van der Waals surface area contributed by atoms with Crippen molar-refractivity contribution in [2.45, 2.75) is 39.2 Å². The Bertz CT molecular complexity index is 751. The highest BCUT2D eigenvalue weighted by atomic mass is 35.5. The van der Waals surface area contributed by atoms with Gasteiger partial charge in [-0.15, -0.1) is 12.4 Å². The second-order valence-corrected chi connectivity index (χ2v) is 7.28. The quantitative estimate of drug-likeness (QED) is 0.546. The molecular weight excluding hydrogens is 393 g/mol. The first-order valence-electron chi connectivity index (χ1n) is 8.63. The maximum atomic E-state index is 6.14. The van der Waals surface area contributed by atoms with Crippen LogP contribution in [-0.2, 0) is 0 Å². The normalized spacial score (nSPS) is 15.8. The van der Waals surface area contributed by atoms with E-state index in [-0.39, 0.29) is 12.4 Å². The average Bonchev–Trinajstić information content (AvgIpc) is 3.08. The van der Waals surface area contributed by atoms with Gasteiger partial charge in [0.05, 0.1) is 15.7 Å². The van der Waals surface area contributed by atoms with E-state index in [1.54, 1.807) is 18.3 Å². The van der Waals surface area contributed by atoms with Crippen LogP contribution in [0.3, 0.4) is 0 Å². The number of rotatable bonds is 4. The van der Waals surface area contributed by atoms with E-state index in [1.165, 1.54) is 19.3 Å². The Labute approximate surface area is 170 Å². The van der Waals surface area contributed by atoms with E-state index in [2.05, 4.69) is 33.8 Å². The Morgan fingerprint density at radius 2 is 1.88 bits per heavy atom. The Hall–Kier alpha value is -1.27. The van der Waals surface area contributed by atoms with Crippen LogP contribution >= 0.6 is 35.6 Å². The number of nitrogens with zero attached hydrogens (tertiary/aromatic N) is 4. The van der Waals surface area contributed by atoms with Crippen LogP contribution < -0.4 is 5.43 Å². The zero-order valence-electron chi connectivity index (χ0n) is 15.0. The van der Waals surface area contributed by atoms with Crippen LogP contribution in [0.1, 0.15) is 45.0 Å². The molecular formula is C18H24Cl3N5. The largest absolute Gasteiger partial charge is 0.326 e. The van der Waals surface area contributed by atoms with Gasteiger partial charge >= 0.3 is 0 Å². The highest BCUT2D eigenvalue weighted by Crippen LogP contribution is 2.27. The molecule has 1 aromatic heterocycles. The lowest BCUT2D eigenvalue weighted by Crippen LogP contribution is -2.46. The fraction of sp³-hybridized carbons (Fsp3) is 0.444. The summed E-state index contributed by atoms with van der Waals surface area (Å²) in [6.07, 6.45) is 7.43. The number of imidazole rings is 1. The first-order valence-corrected chi connectivity index (χ1v) is 9.39. The zero-order chi connectivity index (χ0) is 17.8. The number of piperidine rings is 1. The van der Waals surface area contributed by atoms with Crippen LogP contribution in [0.2, 0.25) is 10.0 Å². The van der Waals surface area contributed by atoms with Crippen LogP contribution in [0.4, 0.5) is 5.69 Å². The van der Waals surface area contributed by atoms with Gasteiger partial charge < -0.3 is 4.57 Å². The SMILES string of the molecule is CC(C)n1ccnc1C(=Nc1ccc(Cl)c(Cl)c1)NN1CCCCC1.Cl. The number of hydrazine groups is 1. The topological polar surface area (TPSA) is 45.5 Å². The minimum absolute atomic E-state index is 0. The summed E-state index contributed by atoms with van der Waals surface area (Å²) in [5.41, 5.74) is 4.20. The summed E-state index contributed by atoms with van der Waals surface area (Å²) in [5, 5.41) is 3.22. The fourth-order valence-electron chi connectivity index (χ4n) is 2.88. The summed E-state index contributed by atoms with van der Waals surface area (Å²) in [5.74, 6) is 1.53. The van der Waals surface area contributed by atoms with Gasteiger partial charge in [0.1, 0.15) is 0 Å². The van der Waals surface area contributed by atoms with Crippen molar-refractivity contribution in [3.8, 4) is 0 Å². The molecule has 2 aromatic rings. The maximum absolute atomic E-state index is 6.14. The molecule has 1 saturated heterocycles. The highest BCUT2D eigenvalue weighted by Gasteiger charge is 2.18. The van der Waals surface area contributed by atoms with Crippen molar-refractivity contribution < 1.29 is 0 Å². The molecule has 1 aromatic carbocycles. The van der Waals surface area contributed by atoms with Crippen molar-refractivity contribution >= 4 is 47.1 Å². The molecule has 2 heterocycles. The third-order valence-electron chi connectivity index (χ3n) is 4.20. The Morgan fingerprint density at radius 1 is 1.15 bits per heavy atom. The van der Waals surface area contributed by atoms with Gasteiger partial charge in [0.2, 0.25) is 0 Å². The molecule has 0 radical (unpaired) electrons. The standard InChI is InChI=1S/C18H23Cl2N5.ClH/c1-13(2)25-11-8-21-18(25)17(23-24-9-4-3-5-10-24)22-14-6-7-15(19)16(20)12-14;/h6-8,11-13H,3-5,9-10H2,1-2H3,(H,22,23);1H. The number of aliphatic imine (C=N–C) groups is 1. The van der Waals surface area contributed by atoms with Crippen LogP contribution in [0.15, 0.2) is 35.6 Å². The molecule has 0 atom stereocenters. The summed E-state index contributed by atoms with van der Waals surface area (Å²) < 4.78 is 2.10. The Morgan fingerprint density at radius 3 is 2.54 bits per heavy atom. The van der Waals surface area contributed by atoms with E-state index in [0.717, 1.165) is 30.4 Å². The number of hydrogen-bond acceptors (Lipinski definition) is 3. The van der Waals surface area contributed by atoms with Crippen molar-refractivity contribution in [3.63, 3.8) is 0 Å². The molecule has 0 amide bonds. The molecule has 26 heavy (non-hydrogen) atoms. The molecule has 1 aliphatic rings. The minimum Gasteiger partial charge on any atom is -0.326 e. The van der Waals surface area contributed by atoms with E-state index < -0.39 is 0 Å². The van der Waals surface area contributed by atoms with Crippen LogP contribution in [0, 0.1) is 0 Å². The van der Waals surface area contributed by atoms with Crippen molar-refractivity contribution in [1.82, 2.24) is 20.0 Å². The predicted octanol–water partition coefficient (Wildman–Crippen LogP) is 5.26. The summed E-state index contributed by atoms with van der Waals surface area (Å²) in [4.78, 5) is 9.30. The summed E-state index contributed by atoms with van der Waals surface area (Å²) >= 11 is 12.2. The number of halogens is 3. The Balaban J connectivity index is 0.00000243. The second kappa shape index (κ2) is 9.60. The molecule has 5 nitrogen and oxygen atoms in total. The third-order valence-corrected chi connectivity index (χ3v) is 4.94. The fourth-order valence-corrected chi connectivity index (χ4v) is 3.17. The third kappa shape index (κ3) is 5.13. The van der Waals surface area contributed by atoms with Crippen LogP contribution in [0.5, 0.6) is 0 Å². The van der Waals surface area contributed by atoms with E-state index in [9.17, 15) is 0 Å². The monoisotopic (exact) mass is 415 g/mol. The van der Waals surface area contributed by atoms with E-state index in [0.29, 0.717) is 16.1 Å². The van der Waals surface area contributed by atoms with Crippen LogP contribution in [-0.4, -0.2) is 33.5 Å². The van der Waals surface area contributed by atoms with Gasteiger partial charge in [-0.1, -0.05) is 29.6 Å². The van der Waals surface area contributed by atoms with Crippen molar-refractivity contribution in [2.75, 3.05) is 13.1 Å². The number of hydrogen-bond donors (Lipinski definition) is 1. The minimum atomic E-state index is 0. The van der Waals surface area contributed by atoms with Crippen LogP contribution in [0.25, 0.3) is 0 Å². The molecule has 0 saturated carbocycles. The van der Waals surface area contributed by atoms with Gasteiger partial charge in [0.15, 0.2) is 11.7 Å². The molecule has 3 rings (SSSR count). The molecule has 0 spiro atoms. The lowest BCUT2D eigenvalue weighted by molar-refractivity contribution is 0.194. The van der Waals surface area contributed by atoms with Gasteiger partial charge in [-0.2, -0.15) is 0 Å². The van der Waals surface area contributed by atoms with Crippen molar-refractivity contribution in [3.05, 3.63) is 46.5 Å². The van der Waals surface area contributed by atoms with Crippen molar-refractivity contribution in [1.29, 1.82) is 0 Å². The van der Waals surface area contributed by atoms with E-state index in [4.69, 9.17) is 28.2 Å². The van der Waals surface area contributed by atoms with E-state index >= 15 is 0 Å². The number of amidine groups is 1. The van der Waals surface area contributed by atoms with Gasteiger partial charge in [-0.25, -0.2) is 15.0 Å². The summed E-state index contributed by atoms with van der Waals surface area (Å²) in [7, 11) is 0. The predicted molar refractivity (Wildman–Crippen MR) is 111 cm³/mol. The number of benzene rings is 1. The molecule has 1 N–H and O–H groups in total. The smallest absolute Gasteiger partial charge is 0.184 e. The van der Waals surface area contributed by atoms with Gasteiger partial charge in [0.25, 0.3) is 0 Å².